The van der Waals surface area contributed by atoms with Gasteiger partial charge in [-0.05, 0) is 50.5 Å². The lowest BCUT2D eigenvalue weighted by molar-refractivity contribution is 0.327. The van der Waals surface area contributed by atoms with Crippen molar-refractivity contribution in [3.8, 4) is 0 Å². The van der Waals surface area contributed by atoms with Crippen LogP contribution in [0.15, 0.2) is 18.2 Å². The Morgan fingerprint density at radius 1 is 1.05 bits per heavy atom. The summed E-state index contributed by atoms with van der Waals surface area (Å²) in [5.41, 5.74) is 0.621. The van der Waals surface area contributed by atoms with Gasteiger partial charge in [0.25, 0.3) is 0 Å². The maximum atomic E-state index is 13.4. The summed E-state index contributed by atoms with van der Waals surface area (Å²) in [7, 11) is -1.44. The first-order valence-corrected chi connectivity index (χ1v) is 10.6. The molecule has 0 unspecified atom stereocenters. The number of benzene rings is 1. The molecule has 0 aliphatic rings. The van der Waals surface area contributed by atoms with Gasteiger partial charge < -0.3 is 4.43 Å². The predicted molar refractivity (Wildman–Crippen MR) is 82.4 cm³/mol. The van der Waals surface area contributed by atoms with E-state index in [1.165, 1.54) is 18.5 Å². The molecule has 0 atom stereocenters. The largest absolute Gasteiger partial charge is 0.418 e. The van der Waals surface area contributed by atoms with Gasteiger partial charge in [0, 0.05) is 12.7 Å². The van der Waals surface area contributed by atoms with Crippen molar-refractivity contribution in [2.75, 3.05) is 6.61 Å². The summed E-state index contributed by atoms with van der Waals surface area (Å²) < 4.78 is 32.0. The predicted octanol–water partition coefficient (Wildman–Crippen LogP) is 5.31. The van der Waals surface area contributed by atoms with Gasteiger partial charge in [-0.3, -0.25) is 0 Å². The topological polar surface area (TPSA) is 9.23 Å². The smallest absolute Gasteiger partial charge is 0.186 e. The zero-order chi connectivity index (χ0) is 15.0. The summed E-state index contributed by atoms with van der Waals surface area (Å²) in [6, 6.07) is 5.03. The first-order chi connectivity index (χ1) is 9.44. The van der Waals surface area contributed by atoms with Crippen LogP contribution in [0.5, 0.6) is 0 Å². The number of aryl methyl sites for hydroxylation is 1. The van der Waals surface area contributed by atoms with E-state index in [1.807, 2.05) is 6.92 Å². The Balaban J connectivity index is 2.16. The monoisotopic (exact) mass is 300 g/mol. The fourth-order valence-corrected chi connectivity index (χ4v) is 4.43. The van der Waals surface area contributed by atoms with Gasteiger partial charge in [0.1, 0.15) is 11.6 Å². The molecule has 1 nitrogen and oxygen atoms in total. The van der Waals surface area contributed by atoms with Crippen molar-refractivity contribution < 1.29 is 13.2 Å². The van der Waals surface area contributed by atoms with Crippen molar-refractivity contribution in [3.63, 3.8) is 0 Å². The standard InChI is InChI=1S/C16H26F2OSi/c1-4-19-20(2,3)12-8-6-5-7-9-14-10-11-15(17)13-16(14)18/h10-11,13H,4-9,12H2,1-3H3. The lowest BCUT2D eigenvalue weighted by Crippen LogP contribution is -2.29. The van der Waals surface area contributed by atoms with Crippen molar-refractivity contribution in [2.45, 2.75) is 58.2 Å². The van der Waals surface area contributed by atoms with E-state index in [0.29, 0.717) is 12.0 Å². The lowest BCUT2D eigenvalue weighted by Gasteiger charge is -2.21. The van der Waals surface area contributed by atoms with Gasteiger partial charge in [-0.1, -0.05) is 25.3 Å². The molecule has 20 heavy (non-hydrogen) atoms. The number of rotatable bonds is 9. The summed E-state index contributed by atoms with van der Waals surface area (Å²) in [6.07, 6.45) is 5.09. The Hall–Kier alpha value is -0.743. The number of unbranched alkanes of at least 4 members (excludes halogenated alkanes) is 3. The number of hydrogen-bond donors (Lipinski definition) is 0. The molecular weight excluding hydrogens is 274 g/mol. The number of hydrogen-bond acceptors (Lipinski definition) is 1. The molecule has 1 aromatic carbocycles. The van der Waals surface area contributed by atoms with E-state index in [0.717, 1.165) is 31.9 Å². The van der Waals surface area contributed by atoms with Crippen molar-refractivity contribution in [3.05, 3.63) is 35.4 Å². The molecule has 0 aromatic heterocycles. The molecule has 0 amide bonds. The minimum atomic E-state index is -1.44. The Morgan fingerprint density at radius 3 is 2.40 bits per heavy atom. The molecule has 114 valence electrons. The molecule has 0 aliphatic heterocycles. The molecule has 0 bridgehead atoms. The molecular formula is C16H26F2OSi. The SMILES string of the molecule is CCO[Si](C)(C)CCCCCCc1ccc(F)cc1F. The fraction of sp³-hybridized carbons (Fsp3) is 0.625. The fourth-order valence-electron chi connectivity index (χ4n) is 2.41. The van der Waals surface area contributed by atoms with Crippen LogP contribution in [0.3, 0.4) is 0 Å². The minimum absolute atomic E-state index is 0.421. The van der Waals surface area contributed by atoms with Gasteiger partial charge in [0.2, 0.25) is 0 Å². The highest BCUT2D eigenvalue weighted by Crippen LogP contribution is 2.18. The Bertz CT molecular complexity index is 407. The highest BCUT2D eigenvalue weighted by atomic mass is 28.4. The van der Waals surface area contributed by atoms with Crippen LogP contribution in [-0.4, -0.2) is 14.9 Å². The van der Waals surface area contributed by atoms with Gasteiger partial charge >= 0.3 is 0 Å². The van der Waals surface area contributed by atoms with Crippen LogP contribution in [0.1, 0.15) is 38.2 Å². The summed E-state index contributed by atoms with van der Waals surface area (Å²) in [5.74, 6) is -0.927. The maximum absolute atomic E-state index is 13.4. The number of halogens is 2. The van der Waals surface area contributed by atoms with Gasteiger partial charge in [-0.2, -0.15) is 0 Å². The molecule has 0 saturated carbocycles. The molecule has 0 saturated heterocycles. The third-order valence-electron chi connectivity index (χ3n) is 3.53. The molecule has 0 radical (unpaired) electrons. The minimum Gasteiger partial charge on any atom is -0.418 e. The molecule has 0 heterocycles. The van der Waals surface area contributed by atoms with Gasteiger partial charge in [0.05, 0.1) is 0 Å². The lowest BCUT2D eigenvalue weighted by atomic mass is 10.1. The summed E-state index contributed by atoms with van der Waals surface area (Å²) in [6.45, 7) is 7.36. The van der Waals surface area contributed by atoms with Crippen LogP contribution in [0.25, 0.3) is 0 Å². The average molecular weight is 300 g/mol. The van der Waals surface area contributed by atoms with E-state index in [-0.39, 0.29) is 0 Å². The van der Waals surface area contributed by atoms with Crippen molar-refractivity contribution in [1.29, 1.82) is 0 Å². The van der Waals surface area contributed by atoms with Crippen LogP contribution >= 0.6 is 0 Å². The molecule has 0 N–H and O–H groups in total. The van der Waals surface area contributed by atoms with E-state index in [2.05, 4.69) is 13.1 Å². The van der Waals surface area contributed by atoms with Gasteiger partial charge in [-0.15, -0.1) is 0 Å². The zero-order valence-electron chi connectivity index (χ0n) is 12.8. The van der Waals surface area contributed by atoms with Crippen molar-refractivity contribution in [2.24, 2.45) is 0 Å². The highest BCUT2D eigenvalue weighted by Gasteiger charge is 2.20. The van der Waals surface area contributed by atoms with E-state index in [4.69, 9.17) is 4.43 Å². The van der Waals surface area contributed by atoms with E-state index < -0.39 is 20.0 Å². The van der Waals surface area contributed by atoms with E-state index >= 15 is 0 Å². The summed E-state index contributed by atoms with van der Waals surface area (Å²) in [4.78, 5) is 0. The van der Waals surface area contributed by atoms with Crippen LogP contribution in [0, 0.1) is 11.6 Å². The quantitative estimate of drug-likeness (QED) is 0.443. The third-order valence-corrected chi connectivity index (χ3v) is 6.15. The van der Waals surface area contributed by atoms with E-state index in [1.54, 1.807) is 6.07 Å². The first-order valence-electron chi connectivity index (χ1n) is 7.52. The van der Waals surface area contributed by atoms with E-state index in [9.17, 15) is 8.78 Å². The molecule has 0 aliphatic carbocycles. The second-order valence-corrected chi connectivity index (χ2v) is 10.2. The van der Waals surface area contributed by atoms with Gasteiger partial charge in [0.15, 0.2) is 8.32 Å². The molecule has 4 heteroatoms. The summed E-state index contributed by atoms with van der Waals surface area (Å²) >= 11 is 0. The second-order valence-electron chi connectivity index (χ2n) is 5.84. The Morgan fingerprint density at radius 2 is 1.75 bits per heavy atom. The second kappa shape index (κ2) is 8.52. The highest BCUT2D eigenvalue weighted by molar-refractivity contribution is 6.71. The normalized spacial score (nSPS) is 11.8. The average Bonchev–Trinajstić information content (AvgIpc) is 2.35. The summed E-state index contributed by atoms with van der Waals surface area (Å²) in [5, 5.41) is 0. The van der Waals surface area contributed by atoms with Crippen LogP contribution in [0.2, 0.25) is 19.1 Å². The van der Waals surface area contributed by atoms with Gasteiger partial charge in [-0.25, -0.2) is 8.78 Å². The van der Waals surface area contributed by atoms with Crippen LogP contribution in [0.4, 0.5) is 8.78 Å². The van der Waals surface area contributed by atoms with Crippen LogP contribution < -0.4 is 0 Å². The maximum Gasteiger partial charge on any atom is 0.186 e. The Kier molecular flexibility index (Phi) is 7.38. The zero-order valence-corrected chi connectivity index (χ0v) is 13.8. The Labute approximate surface area is 122 Å². The van der Waals surface area contributed by atoms with Crippen molar-refractivity contribution >= 4 is 8.32 Å². The van der Waals surface area contributed by atoms with Crippen LogP contribution in [-0.2, 0) is 10.8 Å². The molecule has 0 fully saturated rings. The molecule has 0 spiro atoms. The first kappa shape index (κ1) is 17.3. The molecule has 1 rings (SSSR count). The van der Waals surface area contributed by atoms with Crippen molar-refractivity contribution in [1.82, 2.24) is 0 Å². The molecule has 1 aromatic rings. The third kappa shape index (κ3) is 6.62.